The van der Waals surface area contributed by atoms with Crippen LogP contribution in [0.25, 0.3) is 0 Å². The number of hydrogen-bond acceptors (Lipinski definition) is 2. The maximum atomic E-state index is 12.0. The molecule has 2 N–H and O–H groups in total. The number of halogens is 2. The summed E-state index contributed by atoms with van der Waals surface area (Å²) in [5.41, 5.74) is 1.67. The molecule has 7 heteroatoms. The lowest BCUT2D eigenvalue weighted by Crippen LogP contribution is -2.36. The van der Waals surface area contributed by atoms with Gasteiger partial charge in [0.15, 0.2) is 0 Å². The number of rotatable bonds is 4. The molecule has 2 amide bonds. The first-order valence-electron chi connectivity index (χ1n) is 5.93. The van der Waals surface area contributed by atoms with Gasteiger partial charge in [-0.25, -0.2) is 4.79 Å². The smallest absolute Gasteiger partial charge is 0.321 e. The summed E-state index contributed by atoms with van der Waals surface area (Å²) < 4.78 is 1.52. The van der Waals surface area contributed by atoms with Gasteiger partial charge in [-0.2, -0.15) is 0 Å². The second-order valence-electron chi connectivity index (χ2n) is 4.65. The topological polar surface area (TPSA) is 69.6 Å². The van der Waals surface area contributed by atoms with Crippen molar-refractivity contribution in [2.45, 2.75) is 13.8 Å². The van der Waals surface area contributed by atoms with Gasteiger partial charge in [0.2, 0.25) is 0 Å². The Balaban J connectivity index is 2.78. The van der Waals surface area contributed by atoms with Crippen molar-refractivity contribution in [3.05, 3.63) is 26.6 Å². The number of benzene rings is 1. The minimum Gasteiger partial charge on any atom is -0.481 e. The summed E-state index contributed by atoms with van der Waals surface area (Å²) in [6.45, 7) is 3.65. The molecule has 110 valence electrons. The van der Waals surface area contributed by atoms with Crippen LogP contribution in [0, 0.1) is 12.8 Å². The van der Waals surface area contributed by atoms with Crippen LogP contribution in [-0.4, -0.2) is 35.6 Å². The number of carbonyl (C=O) groups excluding carboxylic acids is 1. The molecule has 0 aliphatic heterocycles. The van der Waals surface area contributed by atoms with Crippen molar-refractivity contribution >= 4 is 49.5 Å². The van der Waals surface area contributed by atoms with Gasteiger partial charge in [0, 0.05) is 22.5 Å². The Morgan fingerprint density at radius 3 is 2.30 bits per heavy atom. The third-order valence-electron chi connectivity index (χ3n) is 2.73. The number of nitrogens with zero attached hydrogens (tertiary/aromatic N) is 1. The van der Waals surface area contributed by atoms with Crippen molar-refractivity contribution in [2.24, 2.45) is 5.92 Å². The monoisotopic (exact) mass is 406 g/mol. The van der Waals surface area contributed by atoms with Crippen molar-refractivity contribution in [3.63, 3.8) is 0 Å². The first-order valence-corrected chi connectivity index (χ1v) is 7.51. The van der Waals surface area contributed by atoms with E-state index >= 15 is 0 Å². The predicted molar refractivity (Wildman–Crippen MR) is 85.0 cm³/mol. The van der Waals surface area contributed by atoms with E-state index in [1.165, 1.54) is 4.90 Å². The number of carbonyl (C=O) groups is 2. The Morgan fingerprint density at radius 2 is 1.85 bits per heavy atom. The Labute approximate surface area is 134 Å². The highest BCUT2D eigenvalue weighted by atomic mass is 79.9. The highest BCUT2D eigenvalue weighted by Crippen LogP contribution is 2.32. The van der Waals surface area contributed by atoms with Crippen LogP contribution in [0.5, 0.6) is 0 Å². The Hall–Kier alpha value is -1.08. The Bertz CT molecular complexity index is 511. The molecule has 0 heterocycles. The van der Waals surface area contributed by atoms with E-state index in [1.807, 2.05) is 19.1 Å². The molecule has 0 bridgehead atoms. The summed E-state index contributed by atoms with van der Waals surface area (Å²) in [5.74, 6) is -1.54. The van der Waals surface area contributed by atoms with Gasteiger partial charge in [0.05, 0.1) is 11.6 Å². The van der Waals surface area contributed by atoms with Gasteiger partial charge in [0.1, 0.15) is 0 Å². The Morgan fingerprint density at radius 1 is 1.35 bits per heavy atom. The maximum Gasteiger partial charge on any atom is 0.321 e. The van der Waals surface area contributed by atoms with Gasteiger partial charge < -0.3 is 15.3 Å². The molecule has 0 aliphatic rings. The van der Waals surface area contributed by atoms with Gasteiger partial charge in [-0.15, -0.1) is 0 Å². The highest BCUT2D eigenvalue weighted by molar-refractivity contribution is 9.11. The van der Waals surface area contributed by atoms with Crippen LogP contribution in [0.15, 0.2) is 21.1 Å². The molecule has 0 saturated heterocycles. The summed E-state index contributed by atoms with van der Waals surface area (Å²) in [5, 5.41) is 11.6. The molecular weight excluding hydrogens is 392 g/mol. The first-order chi connectivity index (χ1) is 9.22. The normalized spacial score (nSPS) is 11.8. The number of nitrogens with one attached hydrogen (secondary N) is 1. The van der Waals surface area contributed by atoms with Gasteiger partial charge in [0.25, 0.3) is 0 Å². The average molecular weight is 408 g/mol. The van der Waals surface area contributed by atoms with Crippen LogP contribution in [0.2, 0.25) is 0 Å². The fraction of sp³-hybridized carbons (Fsp3) is 0.385. The van der Waals surface area contributed by atoms with E-state index in [0.717, 1.165) is 14.5 Å². The molecule has 1 atom stereocenters. The summed E-state index contributed by atoms with van der Waals surface area (Å²) >= 11 is 6.78. The lowest BCUT2D eigenvalue weighted by Gasteiger charge is -2.21. The highest BCUT2D eigenvalue weighted by Gasteiger charge is 2.18. The zero-order chi connectivity index (χ0) is 15.4. The van der Waals surface area contributed by atoms with E-state index in [4.69, 9.17) is 5.11 Å². The number of carboxylic acids is 1. The quantitative estimate of drug-likeness (QED) is 0.799. The fourth-order valence-electron chi connectivity index (χ4n) is 1.59. The van der Waals surface area contributed by atoms with Gasteiger partial charge in [-0.1, -0.05) is 6.92 Å². The van der Waals surface area contributed by atoms with E-state index in [2.05, 4.69) is 37.2 Å². The molecule has 5 nitrogen and oxygen atoms in total. The van der Waals surface area contributed by atoms with Gasteiger partial charge in [-0.3, -0.25) is 4.79 Å². The van der Waals surface area contributed by atoms with Crippen LogP contribution in [0.1, 0.15) is 12.5 Å². The minimum absolute atomic E-state index is 0.141. The largest absolute Gasteiger partial charge is 0.481 e. The van der Waals surface area contributed by atoms with Crippen LogP contribution in [0.4, 0.5) is 10.5 Å². The Kier molecular flexibility index (Phi) is 6.01. The molecular formula is C13H16Br2N2O3. The molecule has 0 aliphatic carbocycles. The molecule has 0 fully saturated rings. The second kappa shape index (κ2) is 7.08. The number of carboxylic acid groups (broad SMARTS) is 1. The molecule has 0 aromatic heterocycles. The third kappa shape index (κ3) is 4.49. The molecule has 1 aromatic rings. The van der Waals surface area contributed by atoms with Crippen molar-refractivity contribution in [3.8, 4) is 0 Å². The first kappa shape index (κ1) is 17.0. The van der Waals surface area contributed by atoms with Crippen LogP contribution in [0.3, 0.4) is 0 Å². The SMILES string of the molecule is Cc1cc(Br)c(NC(=O)N(C)CC(C)C(=O)O)c(Br)c1. The number of anilines is 1. The molecule has 1 aromatic carbocycles. The molecule has 1 unspecified atom stereocenters. The predicted octanol–water partition coefficient (Wildman–Crippen LogP) is 3.70. The maximum absolute atomic E-state index is 12.0. The number of aryl methyl sites for hydroxylation is 1. The van der Waals surface area contributed by atoms with Crippen molar-refractivity contribution in [2.75, 3.05) is 18.9 Å². The van der Waals surface area contributed by atoms with E-state index < -0.39 is 11.9 Å². The summed E-state index contributed by atoms with van der Waals surface area (Å²) in [6.07, 6.45) is 0. The molecule has 0 spiro atoms. The van der Waals surface area contributed by atoms with E-state index in [1.54, 1.807) is 14.0 Å². The summed E-state index contributed by atoms with van der Waals surface area (Å²) in [7, 11) is 1.56. The zero-order valence-corrected chi connectivity index (χ0v) is 14.6. The van der Waals surface area contributed by atoms with Crippen molar-refractivity contribution < 1.29 is 14.7 Å². The van der Waals surface area contributed by atoms with Crippen LogP contribution >= 0.6 is 31.9 Å². The van der Waals surface area contributed by atoms with E-state index in [9.17, 15) is 9.59 Å². The number of aliphatic carboxylic acids is 1. The lowest BCUT2D eigenvalue weighted by atomic mass is 10.2. The standard InChI is InChI=1S/C13H16Br2N2O3/c1-7-4-9(14)11(10(15)5-7)16-13(20)17(3)6-8(2)12(18)19/h4-5,8H,6H2,1-3H3,(H,16,20)(H,18,19). The molecule has 0 saturated carbocycles. The minimum atomic E-state index is -0.928. The zero-order valence-electron chi connectivity index (χ0n) is 11.4. The fourth-order valence-corrected chi connectivity index (χ4v) is 3.21. The van der Waals surface area contributed by atoms with Gasteiger partial charge >= 0.3 is 12.0 Å². The van der Waals surface area contributed by atoms with Gasteiger partial charge in [-0.05, 0) is 56.5 Å². The number of urea groups is 1. The summed E-state index contributed by atoms with van der Waals surface area (Å²) in [6, 6.07) is 3.42. The molecule has 0 radical (unpaired) electrons. The lowest BCUT2D eigenvalue weighted by molar-refractivity contribution is -0.141. The molecule has 1 rings (SSSR count). The van der Waals surface area contributed by atoms with Crippen LogP contribution in [-0.2, 0) is 4.79 Å². The number of amides is 2. The second-order valence-corrected chi connectivity index (χ2v) is 6.36. The van der Waals surface area contributed by atoms with Crippen LogP contribution < -0.4 is 5.32 Å². The van der Waals surface area contributed by atoms with E-state index in [0.29, 0.717) is 5.69 Å². The van der Waals surface area contributed by atoms with E-state index in [-0.39, 0.29) is 12.6 Å². The van der Waals surface area contributed by atoms with Crippen molar-refractivity contribution in [1.29, 1.82) is 0 Å². The third-order valence-corrected chi connectivity index (χ3v) is 3.99. The number of hydrogen-bond donors (Lipinski definition) is 2. The summed E-state index contributed by atoms with van der Waals surface area (Å²) in [4.78, 5) is 24.2. The van der Waals surface area contributed by atoms with Crippen molar-refractivity contribution in [1.82, 2.24) is 4.90 Å². The average Bonchev–Trinajstić information content (AvgIpc) is 2.32. The molecule has 20 heavy (non-hydrogen) atoms.